The van der Waals surface area contributed by atoms with Crippen LogP contribution in [0.15, 0.2) is 58.7 Å². The number of hydrogen-bond acceptors (Lipinski definition) is 9. The predicted molar refractivity (Wildman–Crippen MR) is 131 cm³/mol. The van der Waals surface area contributed by atoms with Crippen LogP contribution in [-0.2, 0) is 9.59 Å². The topological polar surface area (TPSA) is 164 Å². The van der Waals surface area contributed by atoms with Gasteiger partial charge in [0, 0.05) is 0 Å². The average Bonchev–Trinajstić information content (AvgIpc) is 2.79. The van der Waals surface area contributed by atoms with Crippen LogP contribution in [0, 0.1) is 0 Å². The second kappa shape index (κ2) is 12.9. The van der Waals surface area contributed by atoms with Crippen molar-refractivity contribution in [3.8, 4) is 0 Å². The quantitative estimate of drug-likeness (QED) is 0.135. The van der Waals surface area contributed by atoms with E-state index < -0.39 is 24.7 Å². The highest BCUT2D eigenvalue weighted by Crippen LogP contribution is 2.17. The number of hydrazone groups is 2. The highest BCUT2D eigenvalue weighted by atomic mass is 32.2. The molecule has 2 atom stereocenters. The number of hydrogen-bond donors (Lipinski definition) is 6. The van der Waals surface area contributed by atoms with Crippen LogP contribution in [0.3, 0.4) is 0 Å². The van der Waals surface area contributed by atoms with Crippen molar-refractivity contribution in [3.05, 3.63) is 59.7 Å². The van der Waals surface area contributed by atoms with Crippen molar-refractivity contribution in [2.24, 2.45) is 10.2 Å². The van der Waals surface area contributed by atoms with Crippen LogP contribution in [0.2, 0.25) is 0 Å². The molecule has 0 bridgehead atoms. The Bertz CT molecular complexity index is 908. The van der Waals surface area contributed by atoms with Gasteiger partial charge in [0.15, 0.2) is 0 Å². The summed E-state index contributed by atoms with van der Waals surface area (Å²) < 4.78 is 0. The Morgan fingerprint density at radius 3 is 1.39 bits per heavy atom. The lowest BCUT2D eigenvalue weighted by molar-refractivity contribution is -0.120. The van der Waals surface area contributed by atoms with E-state index in [-0.39, 0.29) is 11.8 Å². The zero-order valence-electron chi connectivity index (χ0n) is 18.0. The van der Waals surface area contributed by atoms with Crippen molar-refractivity contribution in [1.29, 1.82) is 0 Å². The summed E-state index contributed by atoms with van der Waals surface area (Å²) in [5, 5.41) is 42.9. The summed E-state index contributed by atoms with van der Waals surface area (Å²) in [6.07, 6.45) is 2.84. The van der Waals surface area contributed by atoms with Crippen LogP contribution in [0.25, 0.3) is 0 Å². The first-order valence-corrected chi connectivity index (χ1v) is 10.8. The number of benzene rings is 2. The van der Waals surface area contributed by atoms with Crippen molar-refractivity contribution in [2.45, 2.75) is 24.3 Å². The minimum atomic E-state index is -1.55. The SMILES string of the molecule is C[C@@H](S[C@H](C)C(=O)NN=Cc1ccc(B(O)O)cc1)C(=O)NN=Cc1ccc(B(O)O)cc1. The van der Waals surface area contributed by atoms with Gasteiger partial charge < -0.3 is 20.1 Å². The van der Waals surface area contributed by atoms with Crippen LogP contribution in [0.4, 0.5) is 0 Å². The normalized spacial score (nSPS) is 13.0. The van der Waals surface area contributed by atoms with E-state index >= 15 is 0 Å². The molecule has 172 valence electrons. The number of thioether (sulfide) groups is 1. The Hall–Kier alpha value is -2.96. The molecule has 0 saturated carbocycles. The molecule has 0 aliphatic carbocycles. The van der Waals surface area contributed by atoms with E-state index in [0.717, 1.165) is 11.8 Å². The molecule has 2 amide bonds. The largest absolute Gasteiger partial charge is 0.488 e. The summed E-state index contributed by atoms with van der Waals surface area (Å²) in [7, 11) is -3.10. The summed E-state index contributed by atoms with van der Waals surface area (Å²) in [6.45, 7) is 3.30. The van der Waals surface area contributed by atoms with E-state index in [0.29, 0.717) is 22.1 Å². The monoisotopic (exact) mass is 470 g/mol. The fourth-order valence-corrected chi connectivity index (χ4v) is 3.43. The summed E-state index contributed by atoms with van der Waals surface area (Å²) >= 11 is 1.14. The molecular formula is C20H24B2N4O6S. The van der Waals surface area contributed by atoms with Crippen molar-refractivity contribution >= 4 is 61.2 Å². The zero-order valence-corrected chi connectivity index (χ0v) is 18.8. The van der Waals surface area contributed by atoms with Crippen molar-refractivity contribution in [1.82, 2.24) is 10.9 Å². The Labute approximate surface area is 196 Å². The third-order valence-corrected chi connectivity index (χ3v) is 5.64. The van der Waals surface area contributed by atoms with Gasteiger partial charge in [0.2, 0.25) is 0 Å². The number of nitrogens with zero attached hydrogens (tertiary/aromatic N) is 2. The number of carbonyl (C=O) groups is 2. The summed E-state index contributed by atoms with van der Waals surface area (Å²) in [5.74, 6) is -0.763. The lowest BCUT2D eigenvalue weighted by Gasteiger charge is -2.14. The molecule has 33 heavy (non-hydrogen) atoms. The molecule has 0 saturated heterocycles. The van der Waals surface area contributed by atoms with Gasteiger partial charge in [-0.15, -0.1) is 11.8 Å². The highest BCUT2D eigenvalue weighted by molar-refractivity contribution is 8.01. The summed E-state index contributed by atoms with van der Waals surface area (Å²) in [5.41, 5.74) is 6.82. The van der Waals surface area contributed by atoms with E-state index in [4.69, 9.17) is 20.1 Å². The molecule has 2 rings (SSSR count). The molecule has 10 nitrogen and oxygen atoms in total. The fraction of sp³-hybridized carbons (Fsp3) is 0.200. The van der Waals surface area contributed by atoms with Crippen LogP contribution < -0.4 is 21.8 Å². The molecule has 0 heterocycles. The third-order valence-electron chi connectivity index (χ3n) is 4.39. The van der Waals surface area contributed by atoms with Gasteiger partial charge in [0.1, 0.15) is 0 Å². The van der Waals surface area contributed by atoms with E-state index in [2.05, 4.69) is 21.1 Å². The van der Waals surface area contributed by atoms with E-state index in [9.17, 15) is 9.59 Å². The average molecular weight is 470 g/mol. The Kier molecular flexibility index (Phi) is 10.3. The maximum absolute atomic E-state index is 12.2. The zero-order chi connectivity index (χ0) is 24.4. The van der Waals surface area contributed by atoms with Gasteiger partial charge in [0.25, 0.3) is 11.8 Å². The van der Waals surface area contributed by atoms with Gasteiger partial charge in [-0.25, -0.2) is 10.9 Å². The van der Waals surface area contributed by atoms with Crippen LogP contribution in [0.5, 0.6) is 0 Å². The first kappa shape index (κ1) is 26.3. The van der Waals surface area contributed by atoms with Crippen LogP contribution >= 0.6 is 11.8 Å². The number of carbonyl (C=O) groups excluding carboxylic acids is 2. The molecule has 0 aromatic heterocycles. The second-order valence-corrected chi connectivity index (χ2v) is 8.66. The predicted octanol–water partition coefficient (Wildman–Crippen LogP) is -1.84. The number of rotatable bonds is 10. The van der Waals surface area contributed by atoms with Crippen molar-refractivity contribution < 1.29 is 29.7 Å². The smallest absolute Gasteiger partial charge is 0.423 e. The molecule has 0 fully saturated rings. The first-order valence-electron chi connectivity index (χ1n) is 9.91. The highest BCUT2D eigenvalue weighted by Gasteiger charge is 2.21. The first-order chi connectivity index (χ1) is 15.7. The van der Waals surface area contributed by atoms with E-state index in [1.165, 1.54) is 36.7 Å². The summed E-state index contributed by atoms with van der Waals surface area (Å²) in [6, 6.07) is 12.6. The summed E-state index contributed by atoms with van der Waals surface area (Å²) in [4.78, 5) is 24.4. The van der Waals surface area contributed by atoms with E-state index in [1.54, 1.807) is 38.1 Å². The molecule has 2 aromatic carbocycles. The van der Waals surface area contributed by atoms with Crippen LogP contribution in [0.1, 0.15) is 25.0 Å². The lowest BCUT2D eigenvalue weighted by atomic mass is 9.80. The fourth-order valence-electron chi connectivity index (χ4n) is 2.46. The minimum absolute atomic E-state index is 0.345. The van der Waals surface area contributed by atoms with Gasteiger partial charge in [-0.1, -0.05) is 48.5 Å². The molecule has 13 heteroatoms. The molecular weight excluding hydrogens is 446 g/mol. The van der Waals surface area contributed by atoms with Gasteiger partial charge in [-0.05, 0) is 35.9 Å². The van der Waals surface area contributed by atoms with Gasteiger partial charge in [-0.3, -0.25) is 9.59 Å². The van der Waals surface area contributed by atoms with Crippen LogP contribution in [-0.4, -0.2) is 69.1 Å². The molecule has 6 N–H and O–H groups in total. The number of amides is 2. The Morgan fingerprint density at radius 2 is 1.09 bits per heavy atom. The molecule has 2 aromatic rings. The van der Waals surface area contributed by atoms with Gasteiger partial charge >= 0.3 is 14.2 Å². The molecule has 0 unspecified atom stereocenters. The van der Waals surface area contributed by atoms with Gasteiger partial charge in [0.05, 0.1) is 22.9 Å². The molecule has 0 spiro atoms. The number of nitrogens with one attached hydrogen (secondary N) is 2. The van der Waals surface area contributed by atoms with Crippen molar-refractivity contribution in [2.75, 3.05) is 0 Å². The third kappa shape index (κ3) is 8.83. The van der Waals surface area contributed by atoms with Crippen molar-refractivity contribution in [3.63, 3.8) is 0 Å². The molecule has 0 aliphatic heterocycles. The molecule has 0 aliphatic rings. The standard InChI is InChI=1S/C20H24B2N4O6S/c1-13(19(27)25-23-11-15-3-7-17(8-4-15)21(29)30)33-14(2)20(28)26-24-12-16-5-9-18(10-6-16)22(31)32/h3-14,29-32H,1-2H3,(H,25,27)(H,26,28)/t13-,14-/m1/s1. The minimum Gasteiger partial charge on any atom is -0.423 e. The lowest BCUT2D eigenvalue weighted by Crippen LogP contribution is -2.33. The Morgan fingerprint density at radius 1 is 0.758 bits per heavy atom. The maximum Gasteiger partial charge on any atom is 0.488 e. The molecule has 0 radical (unpaired) electrons. The second-order valence-electron chi connectivity index (χ2n) is 6.97. The maximum atomic E-state index is 12.2. The Balaban J connectivity index is 1.77. The van der Waals surface area contributed by atoms with Gasteiger partial charge in [-0.2, -0.15) is 10.2 Å². The van der Waals surface area contributed by atoms with E-state index in [1.807, 2.05) is 0 Å².